The Balaban J connectivity index is 2.75. The van der Waals surface area contributed by atoms with Crippen molar-refractivity contribution < 1.29 is 0 Å². The Morgan fingerprint density at radius 2 is 2.23 bits per heavy atom. The van der Waals surface area contributed by atoms with Crippen LogP contribution in [0.1, 0.15) is 25.5 Å². The van der Waals surface area contributed by atoms with Gasteiger partial charge in [0.15, 0.2) is 0 Å². The molecule has 0 heterocycles. The van der Waals surface area contributed by atoms with Gasteiger partial charge in [-0.3, -0.25) is 0 Å². The Kier molecular flexibility index (Phi) is 4.33. The molecule has 72 valence electrons. The molecular formula is C11H17NS. The quantitative estimate of drug-likeness (QED) is 0.741. The molecule has 0 aliphatic heterocycles. The van der Waals surface area contributed by atoms with Crippen molar-refractivity contribution >= 4 is 11.8 Å². The second-order valence-electron chi connectivity index (χ2n) is 3.06. The van der Waals surface area contributed by atoms with Crippen LogP contribution >= 0.6 is 11.8 Å². The maximum absolute atomic E-state index is 3.40. The Hall–Kier alpha value is -0.470. The van der Waals surface area contributed by atoms with Gasteiger partial charge in [0.25, 0.3) is 0 Å². The van der Waals surface area contributed by atoms with E-state index in [1.807, 2.05) is 0 Å². The van der Waals surface area contributed by atoms with E-state index in [0.29, 0.717) is 6.04 Å². The zero-order chi connectivity index (χ0) is 9.68. The van der Waals surface area contributed by atoms with E-state index >= 15 is 0 Å². The third-order valence-electron chi connectivity index (χ3n) is 2.10. The first kappa shape index (κ1) is 10.6. The highest BCUT2D eigenvalue weighted by Crippen LogP contribution is 2.19. The summed E-state index contributed by atoms with van der Waals surface area (Å²) in [5.41, 5.74) is 1.37. The van der Waals surface area contributed by atoms with Gasteiger partial charge in [-0.15, -0.1) is 11.8 Å². The van der Waals surface area contributed by atoms with Crippen LogP contribution in [0.3, 0.4) is 0 Å². The first-order valence-corrected chi connectivity index (χ1v) is 5.87. The second kappa shape index (κ2) is 5.30. The highest BCUT2D eigenvalue weighted by atomic mass is 32.2. The van der Waals surface area contributed by atoms with Crippen molar-refractivity contribution in [2.75, 3.05) is 12.8 Å². The van der Waals surface area contributed by atoms with E-state index in [-0.39, 0.29) is 0 Å². The Morgan fingerprint density at radius 3 is 2.85 bits per heavy atom. The van der Waals surface area contributed by atoms with Gasteiger partial charge in [0.1, 0.15) is 0 Å². The molecule has 0 aliphatic rings. The van der Waals surface area contributed by atoms with E-state index in [2.05, 4.69) is 49.7 Å². The fourth-order valence-corrected chi connectivity index (χ4v) is 1.80. The lowest BCUT2D eigenvalue weighted by Crippen LogP contribution is -2.17. The summed E-state index contributed by atoms with van der Waals surface area (Å²) in [6.45, 7) is 5.35. The van der Waals surface area contributed by atoms with Gasteiger partial charge < -0.3 is 5.32 Å². The molecule has 1 aromatic carbocycles. The third kappa shape index (κ3) is 3.05. The minimum absolute atomic E-state index is 0.456. The van der Waals surface area contributed by atoms with Crippen LogP contribution in [0.2, 0.25) is 0 Å². The number of thioether (sulfide) groups is 1. The molecule has 1 nitrogen and oxygen atoms in total. The standard InChI is InChI=1S/C11H17NS/c1-4-12-9(2)10-6-5-7-11(8-10)13-3/h5-9,12H,4H2,1-3H3. The minimum Gasteiger partial charge on any atom is -0.310 e. The zero-order valence-electron chi connectivity index (χ0n) is 8.50. The monoisotopic (exact) mass is 195 g/mol. The van der Waals surface area contributed by atoms with E-state index in [4.69, 9.17) is 0 Å². The van der Waals surface area contributed by atoms with E-state index in [0.717, 1.165) is 6.54 Å². The molecule has 0 saturated heterocycles. The number of rotatable bonds is 4. The van der Waals surface area contributed by atoms with Crippen LogP contribution in [0.4, 0.5) is 0 Å². The molecule has 0 aromatic heterocycles. The van der Waals surface area contributed by atoms with Gasteiger partial charge in [0.05, 0.1) is 0 Å². The van der Waals surface area contributed by atoms with E-state index in [1.54, 1.807) is 11.8 Å². The van der Waals surface area contributed by atoms with Gasteiger partial charge in [0, 0.05) is 10.9 Å². The Labute approximate surface area is 84.9 Å². The lowest BCUT2D eigenvalue weighted by molar-refractivity contribution is 0.597. The minimum atomic E-state index is 0.456. The topological polar surface area (TPSA) is 12.0 Å². The van der Waals surface area contributed by atoms with Crippen molar-refractivity contribution in [2.24, 2.45) is 0 Å². The molecule has 1 aromatic rings. The predicted octanol–water partition coefficient (Wildman–Crippen LogP) is 3.08. The average Bonchev–Trinajstić information content (AvgIpc) is 2.18. The number of nitrogens with one attached hydrogen (secondary N) is 1. The molecule has 1 N–H and O–H groups in total. The summed E-state index contributed by atoms with van der Waals surface area (Å²) in [4.78, 5) is 1.34. The van der Waals surface area contributed by atoms with Crippen LogP contribution in [0.15, 0.2) is 29.2 Å². The molecule has 0 amide bonds. The SMILES string of the molecule is CCNC(C)c1cccc(SC)c1. The molecule has 1 rings (SSSR count). The largest absolute Gasteiger partial charge is 0.310 e. The summed E-state index contributed by atoms with van der Waals surface area (Å²) in [5, 5.41) is 3.40. The third-order valence-corrected chi connectivity index (χ3v) is 2.83. The molecule has 2 heteroatoms. The number of hydrogen-bond acceptors (Lipinski definition) is 2. The van der Waals surface area contributed by atoms with Crippen LogP contribution < -0.4 is 5.32 Å². The first-order chi connectivity index (χ1) is 6.27. The molecular weight excluding hydrogens is 178 g/mol. The van der Waals surface area contributed by atoms with Gasteiger partial charge in [-0.2, -0.15) is 0 Å². The average molecular weight is 195 g/mol. The van der Waals surface area contributed by atoms with Crippen LogP contribution in [0, 0.1) is 0 Å². The van der Waals surface area contributed by atoms with Crippen LogP contribution in [0.5, 0.6) is 0 Å². The maximum atomic E-state index is 3.40. The molecule has 0 bridgehead atoms. The summed E-state index contributed by atoms with van der Waals surface area (Å²) in [7, 11) is 0. The highest BCUT2D eigenvalue weighted by Gasteiger charge is 2.02. The van der Waals surface area contributed by atoms with Crippen molar-refractivity contribution in [1.82, 2.24) is 5.32 Å². The molecule has 1 unspecified atom stereocenters. The van der Waals surface area contributed by atoms with Crippen molar-refractivity contribution in [3.63, 3.8) is 0 Å². The van der Waals surface area contributed by atoms with E-state index in [9.17, 15) is 0 Å². The molecule has 13 heavy (non-hydrogen) atoms. The van der Waals surface area contributed by atoms with Gasteiger partial charge in [-0.25, -0.2) is 0 Å². The summed E-state index contributed by atoms with van der Waals surface area (Å²) >= 11 is 1.79. The first-order valence-electron chi connectivity index (χ1n) is 4.65. The molecule has 0 spiro atoms. The smallest absolute Gasteiger partial charge is 0.0292 e. The van der Waals surface area contributed by atoms with Crippen molar-refractivity contribution in [3.8, 4) is 0 Å². The Bertz CT molecular complexity index is 260. The van der Waals surface area contributed by atoms with Gasteiger partial charge in [0.2, 0.25) is 0 Å². The predicted molar refractivity (Wildman–Crippen MR) is 60.3 cm³/mol. The van der Waals surface area contributed by atoms with Crippen LogP contribution in [0.25, 0.3) is 0 Å². The maximum Gasteiger partial charge on any atom is 0.0292 e. The lowest BCUT2D eigenvalue weighted by atomic mass is 10.1. The molecule has 0 aliphatic carbocycles. The fraction of sp³-hybridized carbons (Fsp3) is 0.455. The summed E-state index contributed by atoms with van der Waals surface area (Å²) in [6.07, 6.45) is 2.11. The summed E-state index contributed by atoms with van der Waals surface area (Å²) in [6, 6.07) is 9.14. The normalized spacial score (nSPS) is 12.8. The van der Waals surface area contributed by atoms with Crippen molar-refractivity contribution in [2.45, 2.75) is 24.8 Å². The molecule has 0 radical (unpaired) electrons. The highest BCUT2D eigenvalue weighted by molar-refractivity contribution is 7.98. The van der Waals surface area contributed by atoms with Crippen molar-refractivity contribution in [3.05, 3.63) is 29.8 Å². The van der Waals surface area contributed by atoms with Crippen LogP contribution in [-0.4, -0.2) is 12.8 Å². The summed E-state index contributed by atoms with van der Waals surface area (Å²) in [5.74, 6) is 0. The van der Waals surface area contributed by atoms with Crippen molar-refractivity contribution in [1.29, 1.82) is 0 Å². The lowest BCUT2D eigenvalue weighted by Gasteiger charge is -2.13. The second-order valence-corrected chi connectivity index (χ2v) is 3.94. The number of benzene rings is 1. The molecule has 1 atom stereocenters. The van der Waals surface area contributed by atoms with Gasteiger partial charge >= 0.3 is 0 Å². The fourth-order valence-electron chi connectivity index (χ4n) is 1.33. The zero-order valence-corrected chi connectivity index (χ0v) is 9.32. The molecule has 0 saturated carbocycles. The van der Waals surface area contributed by atoms with E-state index in [1.165, 1.54) is 10.5 Å². The van der Waals surface area contributed by atoms with E-state index < -0.39 is 0 Å². The summed E-state index contributed by atoms with van der Waals surface area (Å²) < 4.78 is 0. The van der Waals surface area contributed by atoms with Gasteiger partial charge in [-0.1, -0.05) is 19.1 Å². The Morgan fingerprint density at radius 1 is 1.46 bits per heavy atom. The van der Waals surface area contributed by atoms with Crippen LogP contribution in [-0.2, 0) is 0 Å². The molecule has 0 fully saturated rings. The number of hydrogen-bond donors (Lipinski definition) is 1. The van der Waals surface area contributed by atoms with Gasteiger partial charge in [-0.05, 0) is 37.4 Å².